The van der Waals surface area contributed by atoms with Gasteiger partial charge < -0.3 is 9.72 Å². The maximum atomic E-state index is 11.6. The van der Waals surface area contributed by atoms with Crippen molar-refractivity contribution < 1.29 is 9.53 Å². The highest BCUT2D eigenvalue weighted by molar-refractivity contribution is 5.90. The minimum Gasteiger partial charge on any atom is -0.465 e. The molecule has 1 aromatic heterocycles. The number of methoxy groups -OCH3 is 1. The first-order valence-electron chi connectivity index (χ1n) is 4.91. The number of aromatic nitrogens is 1. The van der Waals surface area contributed by atoms with Crippen LogP contribution in [0.25, 0.3) is 0 Å². The Morgan fingerprint density at radius 3 is 2.73 bits per heavy atom. The van der Waals surface area contributed by atoms with E-state index in [1.807, 2.05) is 6.92 Å². The molecule has 0 aliphatic rings. The van der Waals surface area contributed by atoms with Gasteiger partial charge in [0.1, 0.15) is 5.56 Å². The van der Waals surface area contributed by atoms with Gasteiger partial charge in [-0.25, -0.2) is 4.79 Å². The average molecular weight is 209 g/mol. The van der Waals surface area contributed by atoms with Crippen LogP contribution in [-0.2, 0) is 11.2 Å². The van der Waals surface area contributed by atoms with Crippen LogP contribution < -0.4 is 5.43 Å². The Kier molecular flexibility index (Phi) is 3.66. The van der Waals surface area contributed by atoms with Gasteiger partial charge in [-0.1, -0.05) is 13.3 Å². The minimum atomic E-state index is -0.570. The molecule has 0 amide bonds. The number of esters is 1. The van der Waals surface area contributed by atoms with E-state index in [0.717, 1.165) is 12.1 Å². The monoisotopic (exact) mass is 209 g/mol. The van der Waals surface area contributed by atoms with Crippen LogP contribution in [0.15, 0.2) is 10.9 Å². The first-order valence-corrected chi connectivity index (χ1v) is 4.91. The van der Waals surface area contributed by atoms with Crippen molar-refractivity contribution >= 4 is 5.97 Å². The number of H-pyrrole nitrogens is 1. The molecule has 0 radical (unpaired) electrons. The van der Waals surface area contributed by atoms with Crippen LogP contribution in [-0.4, -0.2) is 18.1 Å². The van der Waals surface area contributed by atoms with E-state index < -0.39 is 5.97 Å². The van der Waals surface area contributed by atoms with Crippen molar-refractivity contribution in [1.29, 1.82) is 0 Å². The standard InChI is InChI=1S/C11H15NO3/c1-4-5-8-10(11(14)15-3)9(13)6-7(2)12-8/h6H,4-5H2,1-3H3,(H,12,13). The highest BCUT2D eigenvalue weighted by atomic mass is 16.5. The third-order valence-electron chi connectivity index (χ3n) is 2.13. The van der Waals surface area contributed by atoms with Crippen LogP contribution in [0.5, 0.6) is 0 Å². The molecule has 1 rings (SSSR count). The van der Waals surface area contributed by atoms with E-state index in [4.69, 9.17) is 0 Å². The second-order valence-electron chi connectivity index (χ2n) is 3.41. The number of rotatable bonds is 3. The van der Waals surface area contributed by atoms with E-state index in [1.165, 1.54) is 13.2 Å². The summed E-state index contributed by atoms with van der Waals surface area (Å²) >= 11 is 0. The van der Waals surface area contributed by atoms with Crippen LogP contribution in [0.2, 0.25) is 0 Å². The molecule has 0 saturated heterocycles. The smallest absolute Gasteiger partial charge is 0.343 e. The number of carbonyl (C=O) groups excluding carboxylic acids is 1. The lowest BCUT2D eigenvalue weighted by Crippen LogP contribution is -2.20. The van der Waals surface area contributed by atoms with Gasteiger partial charge in [0, 0.05) is 17.5 Å². The Balaban J connectivity index is 3.33. The lowest BCUT2D eigenvalue weighted by molar-refractivity contribution is 0.0597. The van der Waals surface area contributed by atoms with Gasteiger partial charge in [0.25, 0.3) is 0 Å². The molecule has 4 nitrogen and oxygen atoms in total. The van der Waals surface area contributed by atoms with Crippen molar-refractivity contribution in [3.05, 3.63) is 33.2 Å². The fraction of sp³-hybridized carbons (Fsp3) is 0.455. The molecule has 0 aromatic carbocycles. The Hall–Kier alpha value is -1.58. The molecule has 0 saturated carbocycles. The summed E-state index contributed by atoms with van der Waals surface area (Å²) in [5.41, 5.74) is 1.27. The highest BCUT2D eigenvalue weighted by Gasteiger charge is 2.16. The quantitative estimate of drug-likeness (QED) is 0.766. The first kappa shape index (κ1) is 11.5. The molecular formula is C11H15NO3. The Morgan fingerprint density at radius 1 is 1.53 bits per heavy atom. The third kappa shape index (κ3) is 2.46. The second-order valence-corrected chi connectivity index (χ2v) is 3.41. The SMILES string of the molecule is CCCc1[nH]c(C)cc(=O)c1C(=O)OC. The zero-order valence-corrected chi connectivity index (χ0v) is 9.22. The summed E-state index contributed by atoms with van der Waals surface area (Å²) in [5.74, 6) is -0.570. The van der Waals surface area contributed by atoms with Crippen molar-refractivity contribution in [1.82, 2.24) is 4.98 Å². The van der Waals surface area contributed by atoms with Crippen molar-refractivity contribution in [3.63, 3.8) is 0 Å². The molecule has 1 heterocycles. The highest BCUT2D eigenvalue weighted by Crippen LogP contribution is 2.06. The number of nitrogens with one attached hydrogen (secondary N) is 1. The molecule has 0 aliphatic carbocycles. The van der Waals surface area contributed by atoms with E-state index >= 15 is 0 Å². The largest absolute Gasteiger partial charge is 0.465 e. The molecule has 15 heavy (non-hydrogen) atoms. The summed E-state index contributed by atoms with van der Waals surface area (Å²) in [6, 6.07) is 1.41. The third-order valence-corrected chi connectivity index (χ3v) is 2.13. The summed E-state index contributed by atoms with van der Waals surface area (Å²) in [6.45, 7) is 3.78. The van der Waals surface area contributed by atoms with E-state index in [9.17, 15) is 9.59 Å². The maximum absolute atomic E-state index is 11.6. The molecule has 0 bridgehead atoms. The topological polar surface area (TPSA) is 59.2 Å². The normalized spacial score (nSPS) is 10.1. The fourth-order valence-corrected chi connectivity index (χ4v) is 1.52. The summed E-state index contributed by atoms with van der Waals surface area (Å²) in [4.78, 5) is 26.0. The summed E-state index contributed by atoms with van der Waals surface area (Å²) in [6.07, 6.45) is 1.53. The Morgan fingerprint density at radius 2 is 2.20 bits per heavy atom. The van der Waals surface area contributed by atoms with Gasteiger partial charge in [-0.15, -0.1) is 0 Å². The van der Waals surface area contributed by atoms with Crippen LogP contribution in [0.4, 0.5) is 0 Å². The summed E-state index contributed by atoms with van der Waals surface area (Å²) < 4.78 is 4.59. The molecule has 1 N–H and O–H groups in total. The number of carbonyl (C=O) groups is 1. The van der Waals surface area contributed by atoms with Crippen molar-refractivity contribution in [2.75, 3.05) is 7.11 Å². The van der Waals surface area contributed by atoms with Gasteiger partial charge >= 0.3 is 5.97 Å². The van der Waals surface area contributed by atoms with Crippen LogP contribution >= 0.6 is 0 Å². The molecule has 82 valence electrons. The molecule has 1 aromatic rings. The fourth-order valence-electron chi connectivity index (χ4n) is 1.52. The van der Waals surface area contributed by atoms with Crippen LogP contribution in [0.3, 0.4) is 0 Å². The van der Waals surface area contributed by atoms with Crippen LogP contribution in [0, 0.1) is 6.92 Å². The number of ether oxygens (including phenoxy) is 1. The predicted octanol–water partition coefficient (Wildman–Crippen LogP) is 1.42. The second kappa shape index (κ2) is 4.77. The number of hydrogen-bond acceptors (Lipinski definition) is 3. The van der Waals surface area contributed by atoms with Gasteiger partial charge in [-0.05, 0) is 13.3 Å². The summed E-state index contributed by atoms with van der Waals surface area (Å²) in [5, 5.41) is 0. The predicted molar refractivity (Wildman–Crippen MR) is 57.1 cm³/mol. The minimum absolute atomic E-state index is 0.130. The first-order chi connectivity index (χ1) is 7.10. The van der Waals surface area contributed by atoms with Gasteiger partial charge in [0.2, 0.25) is 0 Å². The Labute approximate surface area is 88.3 Å². The van der Waals surface area contributed by atoms with Gasteiger partial charge in [0.05, 0.1) is 7.11 Å². The van der Waals surface area contributed by atoms with Crippen molar-refractivity contribution in [3.8, 4) is 0 Å². The molecule has 0 fully saturated rings. The van der Waals surface area contributed by atoms with Gasteiger partial charge in [-0.2, -0.15) is 0 Å². The molecule has 0 spiro atoms. The van der Waals surface area contributed by atoms with E-state index in [2.05, 4.69) is 9.72 Å². The molecule has 0 atom stereocenters. The number of aryl methyl sites for hydroxylation is 2. The lowest BCUT2D eigenvalue weighted by atomic mass is 10.1. The average Bonchev–Trinajstić information content (AvgIpc) is 2.16. The number of hydrogen-bond donors (Lipinski definition) is 1. The Bertz CT molecular complexity index is 420. The van der Waals surface area contributed by atoms with Crippen LogP contribution in [0.1, 0.15) is 35.1 Å². The van der Waals surface area contributed by atoms with Crippen molar-refractivity contribution in [2.45, 2.75) is 26.7 Å². The van der Waals surface area contributed by atoms with E-state index in [0.29, 0.717) is 12.1 Å². The molecule has 4 heteroatoms. The lowest BCUT2D eigenvalue weighted by Gasteiger charge is -2.07. The number of aromatic amines is 1. The molecule has 0 unspecified atom stereocenters. The maximum Gasteiger partial charge on any atom is 0.343 e. The van der Waals surface area contributed by atoms with Crippen molar-refractivity contribution in [2.24, 2.45) is 0 Å². The van der Waals surface area contributed by atoms with E-state index in [1.54, 1.807) is 6.92 Å². The zero-order valence-electron chi connectivity index (χ0n) is 9.22. The van der Waals surface area contributed by atoms with E-state index in [-0.39, 0.29) is 11.0 Å². The molecule has 0 aliphatic heterocycles. The zero-order chi connectivity index (χ0) is 11.4. The van der Waals surface area contributed by atoms with Gasteiger partial charge in [-0.3, -0.25) is 4.79 Å². The summed E-state index contributed by atoms with van der Waals surface area (Å²) in [7, 11) is 1.28. The molecular weight excluding hydrogens is 194 g/mol. The number of pyridine rings is 1. The van der Waals surface area contributed by atoms with Gasteiger partial charge in [0.15, 0.2) is 5.43 Å².